The SMILES string of the molecule is O=C(c1cc2cccc(F)c2o1)C1CC2CCC1N2. The third-order valence-electron chi connectivity index (χ3n) is 4.38. The number of hydrogen-bond acceptors (Lipinski definition) is 3. The van der Waals surface area contributed by atoms with Gasteiger partial charge in [-0.05, 0) is 31.4 Å². The number of rotatable bonds is 2. The number of nitrogens with one attached hydrogen (secondary N) is 1. The monoisotopic (exact) mass is 259 g/mol. The van der Waals surface area contributed by atoms with Crippen LogP contribution in [0, 0.1) is 11.7 Å². The predicted octanol–water partition coefficient (Wildman–Crippen LogP) is 2.90. The Morgan fingerprint density at radius 1 is 1.37 bits per heavy atom. The number of Topliss-reactive ketones (excluding diaryl/α,β-unsaturated/α-hetero) is 1. The molecule has 2 saturated heterocycles. The lowest BCUT2D eigenvalue weighted by molar-refractivity contribution is 0.0874. The van der Waals surface area contributed by atoms with Crippen molar-refractivity contribution in [3.63, 3.8) is 0 Å². The van der Waals surface area contributed by atoms with E-state index in [2.05, 4.69) is 5.32 Å². The summed E-state index contributed by atoms with van der Waals surface area (Å²) in [7, 11) is 0. The molecular formula is C15H14FNO2. The molecule has 0 radical (unpaired) electrons. The molecular weight excluding hydrogens is 245 g/mol. The van der Waals surface area contributed by atoms with Crippen LogP contribution in [0.25, 0.3) is 11.0 Å². The maximum absolute atomic E-state index is 13.6. The number of benzene rings is 1. The van der Waals surface area contributed by atoms with Gasteiger partial charge >= 0.3 is 0 Å². The van der Waals surface area contributed by atoms with Gasteiger partial charge in [0.05, 0.1) is 0 Å². The molecule has 0 spiro atoms. The zero-order valence-corrected chi connectivity index (χ0v) is 10.4. The number of carbonyl (C=O) groups is 1. The number of para-hydroxylation sites is 1. The van der Waals surface area contributed by atoms with Crippen molar-refractivity contribution >= 4 is 16.8 Å². The Bertz CT molecular complexity index is 663. The molecule has 3 unspecified atom stereocenters. The van der Waals surface area contributed by atoms with Crippen LogP contribution in [0.2, 0.25) is 0 Å². The fraction of sp³-hybridized carbons (Fsp3) is 0.400. The molecule has 2 bridgehead atoms. The van der Waals surface area contributed by atoms with Crippen LogP contribution < -0.4 is 5.32 Å². The Balaban J connectivity index is 1.70. The zero-order chi connectivity index (χ0) is 13.0. The van der Waals surface area contributed by atoms with E-state index in [-0.39, 0.29) is 23.3 Å². The number of halogens is 1. The highest BCUT2D eigenvalue weighted by atomic mass is 19.1. The van der Waals surface area contributed by atoms with Gasteiger partial charge in [-0.3, -0.25) is 4.79 Å². The Morgan fingerprint density at radius 2 is 2.26 bits per heavy atom. The van der Waals surface area contributed by atoms with Crippen LogP contribution in [-0.4, -0.2) is 17.9 Å². The van der Waals surface area contributed by atoms with E-state index in [4.69, 9.17) is 4.42 Å². The average Bonchev–Trinajstić information content (AvgIpc) is 3.12. The second-order valence-corrected chi connectivity index (χ2v) is 5.52. The van der Waals surface area contributed by atoms with Crippen molar-refractivity contribution in [2.75, 3.05) is 0 Å². The number of hydrogen-bond donors (Lipinski definition) is 1. The van der Waals surface area contributed by atoms with Crippen molar-refractivity contribution in [2.45, 2.75) is 31.3 Å². The van der Waals surface area contributed by atoms with E-state index in [0.717, 1.165) is 19.3 Å². The van der Waals surface area contributed by atoms with Crippen LogP contribution in [0.4, 0.5) is 4.39 Å². The van der Waals surface area contributed by atoms with Gasteiger partial charge in [-0.1, -0.05) is 12.1 Å². The second kappa shape index (κ2) is 3.90. The first-order chi connectivity index (χ1) is 9.22. The molecule has 1 aromatic heterocycles. The lowest BCUT2D eigenvalue weighted by Gasteiger charge is -2.17. The Morgan fingerprint density at radius 3 is 2.95 bits per heavy atom. The van der Waals surface area contributed by atoms with Gasteiger partial charge in [0.25, 0.3) is 0 Å². The van der Waals surface area contributed by atoms with E-state index in [1.54, 1.807) is 18.2 Å². The third kappa shape index (κ3) is 1.63. The molecule has 4 rings (SSSR count). The average molecular weight is 259 g/mol. The Hall–Kier alpha value is -1.68. The fourth-order valence-corrected chi connectivity index (χ4v) is 3.45. The molecule has 3 atom stereocenters. The highest BCUT2D eigenvalue weighted by Gasteiger charge is 2.43. The summed E-state index contributed by atoms with van der Waals surface area (Å²) in [5.74, 6) is -0.125. The molecule has 3 nitrogen and oxygen atoms in total. The third-order valence-corrected chi connectivity index (χ3v) is 4.38. The fourth-order valence-electron chi connectivity index (χ4n) is 3.45. The molecule has 2 aliphatic rings. The summed E-state index contributed by atoms with van der Waals surface area (Å²) in [5.41, 5.74) is 0.182. The smallest absolute Gasteiger partial charge is 0.202 e. The van der Waals surface area contributed by atoms with E-state index >= 15 is 0 Å². The molecule has 19 heavy (non-hydrogen) atoms. The predicted molar refractivity (Wildman–Crippen MR) is 68.6 cm³/mol. The van der Waals surface area contributed by atoms with E-state index in [1.807, 2.05) is 0 Å². The van der Waals surface area contributed by atoms with Crippen molar-refractivity contribution < 1.29 is 13.6 Å². The van der Waals surface area contributed by atoms with Crippen LogP contribution in [0.3, 0.4) is 0 Å². The zero-order valence-electron chi connectivity index (χ0n) is 10.4. The molecule has 0 amide bonds. The summed E-state index contributed by atoms with van der Waals surface area (Å²) in [5, 5.41) is 4.09. The summed E-state index contributed by atoms with van der Waals surface area (Å²) in [4.78, 5) is 12.5. The molecule has 3 heterocycles. The minimum absolute atomic E-state index is 0.00954. The first-order valence-electron chi connectivity index (χ1n) is 6.71. The molecule has 0 saturated carbocycles. The second-order valence-electron chi connectivity index (χ2n) is 5.52. The van der Waals surface area contributed by atoms with Crippen LogP contribution >= 0.6 is 0 Å². The van der Waals surface area contributed by atoms with Gasteiger partial charge in [0.1, 0.15) is 0 Å². The molecule has 1 N–H and O–H groups in total. The first kappa shape index (κ1) is 11.2. The number of furan rings is 1. The summed E-state index contributed by atoms with van der Waals surface area (Å²) in [6.07, 6.45) is 3.09. The van der Waals surface area contributed by atoms with Crippen LogP contribution in [-0.2, 0) is 0 Å². The molecule has 0 aliphatic carbocycles. The van der Waals surface area contributed by atoms with E-state index in [0.29, 0.717) is 17.2 Å². The van der Waals surface area contributed by atoms with Crippen molar-refractivity contribution in [1.29, 1.82) is 0 Å². The van der Waals surface area contributed by atoms with Crippen LogP contribution in [0.1, 0.15) is 29.8 Å². The van der Waals surface area contributed by atoms with E-state index < -0.39 is 5.82 Å². The largest absolute Gasteiger partial charge is 0.450 e. The Kier molecular flexibility index (Phi) is 2.30. The minimum Gasteiger partial charge on any atom is -0.450 e. The number of carbonyl (C=O) groups excluding carboxylic acids is 1. The van der Waals surface area contributed by atoms with Gasteiger partial charge < -0.3 is 9.73 Å². The maximum Gasteiger partial charge on any atom is 0.202 e. The highest BCUT2D eigenvalue weighted by Crippen LogP contribution is 2.36. The van der Waals surface area contributed by atoms with Gasteiger partial charge in [-0.2, -0.15) is 0 Å². The van der Waals surface area contributed by atoms with Gasteiger partial charge in [-0.25, -0.2) is 4.39 Å². The topological polar surface area (TPSA) is 42.2 Å². The molecule has 2 fully saturated rings. The molecule has 1 aromatic carbocycles. The van der Waals surface area contributed by atoms with E-state index in [1.165, 1.54) is 6.07 Å². The van der Waals surface area contributed by atoms with Crippen molar-refractivity contribution in [3.05, 3.63) is 35.8 Å². The van der Waals surface area contributed by atoms with Crippen LogP contribution in [0.5, 0.6) is 0 Å². The lowest BCUT2D eigenvalue weighted by atomic mass is 9.85. The molecule has 2 aromatic rings. The number of ketones is 1. The molecule has 4 heteroatoms. The van der Waals surface area contributed by atoms with Crippen molar-refractivity contribution in [3.8, 4) is 0 Å². The standard InChI is InChI=1S/C15H14FNO2/c16-11-3-1-2-8-6-13(19-15(8)11)14(18)10-7-9-4-5-12(10)17-9/h1-3,6,9-10,12,17H,4-5,7H2. The molecule has 98 valence electrons. The van der Waals surface area contributed by atoms with Gasteiger partial charge in [0.2, 0.25) is 5.78 Å². The summed E-state index contributed by atoms with van der Waals surface area (Å²) < 4.78 is 19.0. The Labute approximate surface area is 109 Å². The maximum atomic E-state index is 13.6. The van der Waals surface area contributed by atoms with Gasteiger partial charge in [-0.15, -0.1) is 0 Å². The highest BCUT2D eigenvalue weighted by molar-refractivity contribution is 5.99. The quantitative estimate of drug-likeness (QED) is 0.843. The summed E-state index contributed by atoms with van der Waals surface area (Å²) >= 11 is 0. The van der Waals surface area contributed by atoms with Gasteiger partial charge in [0, 0.05) is 23.4 Å². The summed E-state index contributed by atoms with van der Waals surface area (Å²) in [6, 6.07) is 7.14. The van der Waals surface area contributed by atoms with Gasteiger partial charge in [0.15, 0.2) is 17.2 Å². The summed E-state index contributed by atoms with van der Waals surface area (Å²) in [6.45, 7) is 0. The normalized spacial score (nSPS) is 29.2. The lowest BCUT2D eigenvalue weighted by Crippen LogP contribution is -2.28. The van der Waals surface area contributed by atoms with Crippen molar-refractivity contribution in [1.82, 2.24) is 5.32 Å². The van der Waals surface area contributed by atoms with Crippen LogP contribution in [0.15, 0.2) is 28.7 Å². The van der Waals surface area contributed by atoms with E-state index in [9.17, 15) is 9.18 Å². The first-order valence-corrected chi connectivity index (χ1v) is 6.71. The van der Waals surface area contributed by atoms with Crippen molar-refractivity contribution in [2.24, 2.45) is 5.92 Å². The minimum atomic E-state index is -0.414. The molecule has 2 aliphatic heterocycles. The number of fused-ring (bicyclic) bond motifs is 3.